The second-order valence-electron chi connectivity index (χ2n) is 5.91. The van der Waals surface area contributed by atoms with Crippen LogP contribution in [0.5, 0.6) is 5.88 Å². The van der Waals surface area contributed by atoms with Crippen LogP contribution in [0.3, 0.4) is 0 Å². The van der Waals surface area contributed by atoms with Crippen LogP contribution in [0, 0.1) is 5.82 Å². The summed E-state index contributed by atoms with van der Waals surface area (Å²) in [6.45, 7) is 5.69. The molecule has 0 amide bonds. The van der Waals surface area contributed by atoms with Crippen molar-refractivity contribution < 1.29 is 13.7 Å². The molecule has 6 heteroatoms. The molecule has 0 N–H and O–H groups in total. The normalized spacial score (nSPS) is 13.3. The van der Waals surface area contributed by atoms with Gasteiger partial charge in [-0.15, -0.1) is 0 Å². The third-order valence-electron chi connectivity index (χ3n) is 2.91. The second-order valence-corrected chi connectivity index (χ2v) is 7.84. The van der Waals surface area contributed by atoms with Crippen LogP contribution >= 0.6 is 0 Å². The van der Waals surface area contributed by atoms with E-state index in [9.17, 15) is 8.94 Å². The fourth-order valence-corrected chi connectivity index (χ4v) is 2.12. The summed E-state index contributed by atoms with van der Waals surface area (Å²) in [6, 6.07) is 9.87. The molecule has 4 nitrogen and oxygen atoms in total. The van der Waals surface area contributed by atoms with Crippen molar-refractivity contribution in [3.05, 3.63) is 59.5 Å². The van der Waals surface area contributed by atoms with Gasteiger partial charge in [0.2, 0.25) is 5.88 Å². The number of ether oxygens (including phenoxy) is 1. The predicted octanol–water partition coefficient (Wildman–Crippen LogP) is 3.68. The maximum atomic E-state index is 13.5. The molecule has 1 aromatic carbocycles. The van der Waals surface area contributed by atoms with Gasteiger partial charge >= 0.3 is 0 Å². The smallest absolute Gasteiger partial charge is 0.213 e. The van der Waals surface area contributed by atoms with Gasteiger partial charge in [-0.2, -0.15) is 0 Å². The van der Waals surface area contributed by atoms with Crippen molar-refractivity contribution in [1.29, 1.82) is 0 Å². The van der Waals surface area contributed by atoms with Crippen molar-refractivity contribution in [2.45, 2.75) is 32.1 Å². The number of halogens is 1. The zero-order chi connectivity index (χ0) is 16.9. The monoisotopic (exact) mass is 334 g/mol. The van der Waals surface area contributed by atoms with Gasteiger partial charge in [-0.3, -0.25) is 0 Å². The molecule has 2 aromatic rings. The van der Waals surface area contributed by atoms with Gasteiger partial charge in [0.1, 0.15) is 28.5 Å². The Morgan fingerprint density at radius 2 is 2.00 bits per heavy atom. The highest BCUT2D eigenvalue weighted by atomic mass is 32.2. The molecule has 0 aliphatic heterocycles. The van der Waals surface area contributed by atoms with Crippen LogP contribution in [-0.4, -0.2) is 20.5 Å². The third-order valence-corrected chi connectivity index (χ3v) is 4.26. The summed E-state index contributed by atoms with van der Waals surface area (Å²) < 4.78 is 34.4. The molecule has 0 saturated carbocycles. The second kappa shape index (κ2) is 7.57. The molecule has 1 atom stereocenters. The van der Waals surface area contributed by atoms with E-state index in [0.717, 1.165) is 5.56 Å². The van der Waals surface area contributed by atoms with E-state index in [1.54, 1.807) is 36.5 Å². The predicted molar refractivity (Wildman–Crippen MR) is 90.5 cm³/mol. The van der Waals surface area contributed by atoms with E-state index in [1.807, 2.05) is 20.8 Å². The third kappa shape index (κ3) is 5.33. The molecule has 0 spiro atoms. The molecule has 0 unspecified atom stereocenters. The van der Waals surface area contributed by atoms with Crippen LogP contribution in [0.25, 0.3) is 0 Å². The van der Waals surface area contributed by atoms with Crippen molar-refractivity contribution in [3.8, 4) is 5.88 Å². The van der Waals surface area contributed by atoms with E-state index < -0.39 is 16.1 Å². The van der Waals surface area contributed by atoms with Gasteiger partial charge in [-0.1, -0.05) is 22.6 Å². The molecule has 0 aliphatic rings. The van der Waals surface area contributed by atoms with Gasteiger partial charge in [0.25, 0.3) is 0 Å². The topological polar surface area (TPSA) is 57.5 Å². The first-order valence-corrected chi connectivity index (χ1v) is 8.25. The Morgan fingerprint density at radius 1 is 1.26 bits per heavy atom. The molecule has 0 fully saturated rings. The van der Waals surface area contributed by atoms with Gasteiger partial charge in [-0.25, -0.2) is 9.37 Å². The van der Waals surface area contributed by atoms with Crippen molar-refractivity contribution in [2.75, 3.05) is 0 Å². The highest BCUT2D eigenvalue weighted by molar-refractivity contribution is 7.91. The lowest BCUT2D eigenvalue weighted by molar-refractivity contribution is 0.288. The van der Waals surface area contributed by atoms with Crippen LogP contribution in [0.15, 0.2) is 47.0 Å². The van der Waals surface area contributed by atoms with Gasteiger partial charge < -0.3 is 9.29 Å². The first-order chi connectivity index (χ1) is 10.9. The molecular formula is C17H19FN2O2S. The Bertz CT molecular complexity index is 669. The lowest BCUT2D eigenvalue weighted by atomic mass is 10.2. The summed E-state index contributed by atoms with van der Waals surface area (Å²) in [7, 11) is 0. The Kier molecular flexibility index (Phi) is 5.74. The number of pyridine rings is 1. The number of benzene rings is 1. The fourth-order valence-electron chi connectivity index (χ4n) is 1.59. The van der Waals surface area contributed by atoms with Gasteiger partial charge in [0, 0.05) is 23.4 Å². The minimum absolute atomic E-state index is 0.112. The van der Waals surface area contributed by atoms with Crippen LogP contribution in [0.1, 0.15) is 31.9 Å². The van der Waals surface area contributed by atoms with Crippen LogP contribution in [0.2, 0.25) is 0 Å². The van der Waals surface area contributed by atoms with Gasteiger partial charge in [-0.05, 0) is 32.9 Å². The molecule has 0 bridgehead atoms. The quantitative estimate of drug-likeness (QED) is 0.619. The van der Waals surface area contributed by atoms with Crippen LogP contribution in [0.4, 0.5) is 4.39 Å². The molecule has 0 aliphatic carbocycles. The Hall–Kier alpha value is -1.92. The molecule has 1 heterocycles. The van der Waals surface area contributed by atoms with E-state index in [-0.39, 0.29) is 12.4 Å². The lowest BCUT2D eigenvalue weighted by Crippen LogP contribution is -2.25. The van der Waals surface area contributed by atoms with Crippen molar-refractivity contribution in [1.82, 2.24) is 4.98 Å². The first-order valence-electron chi connectivity index (χ1n) is 7.14. The number of aromatic nitrogens is 1. The van der Waals surface area contributed by atoms with E-state index in [1.165, 1.54) is 12.3 Å². The van der Waals surface area contributed by atoms with Crippen LogP contribution < -0.4 is 4.74 Å². The zero-order valence-corrected chi connectivity index (χ0v) is 14.1. The summed E-state index contributed by atoms with van der Waals surface area (Å²) in [5.74, 6) is 0.0864. The fraction of sp³-hybridized carbons (Fsp3) is 0.294. The minimum atomic E-state index is -1.31. The van der Waals surface area contributed by atoms with E-state index in [4.69, 9.17) is 4.74 Å². The summed E-state index contributed by atoms with van der Waals surface area (Å²) in [4.78, 5) is 4.13. The zero-order valence-electron chi connectivity index (χ0n) is 13.3. The largest absolute Gasteiger partial charge is 0.591 e. The van der Waals surface area contributed by atoms with Crippen molar-refractivity contribution >= 4 is 17.6 Å². The summed E-state index contributed by atoms with van der Waals surface area (Å²) in [5.41, 5.74) is 1.20. The molecule has 0 radical (unpaired) electrons. The highest BCUT2D eigenvalue weighted by Crippen LogP contribution is 2.17. The number of nitrogens with zero attached hydrogens (tertiary/aromatic N) is 2. The summed E-state index contributed by atoms with van der Waals surface area (Å²) in [5, 5.41) is 0. The van der Waals surface area contributed by atoms with Gasteiger partial charge in [0.15, 0.2) is 0 Å². The Balaban J connectivity index is 1.95. The van der Waals surface area contributed by atoms with E-state index >= 15 is 0 Å². The van der Waals surface area contributed by atoms with Crippen LogP contribution in [-0.2, 0) is 18.0 Å². The molecule has 122 valence electrons. The SMILES string of the molecule is CC(C)(C)[S@@+]([O-])N=Cc1ccc(OCc2ccccc2F)nc1. The van der Waals surface area contributed by atoms with Crippen molar-refractivity contribution in [2.24, 2.45) is 4.40 Å². The minimum Gasteiger partial charge on any atom is -0.591 e. The average molecular weight is 334 g/mol. The van der Waals surface area contributed by atoms with E-state index in [0.29, 0.717) is 11.4 Å². The maximum absolute atomic E-state index is 13.5. The first kappa shape index (κ1) is 17.4. The average Bonchev–Trinajstić information content (AvgIpc) is 2.52. The number of rotatable bonds is 5. The van der Waals surface area contributed by atoms with E-state index in [2.05, 4.69) is 9.38 Å². The molecular weight excluding hydrogens is 315 g/mol. The molecule has 2 rings (SSSR count). The standard InChI is InChI=1S/C17H19FN2O2S/c1-17(2,3)23(21)20-11-13-8-9-16(19-10-13)22-12-14-6-4-5-7-15(14)18/h4-11H,12H2,1-3H3/t23-/m1/s1. The number of hydrogen-bond donors (Lipinski definition) is 0. The number of hydrogen-bond acceptors (Lipinski definition) is 4. The summed E-state index contributed by atoms with van der Waals surface area (Å²) in [6.07, 6.45) is 3.09. The lowest BCUT2D eigenvalue weighted by Gasteiger charge is -2.17. The highest BCUT2D eigenvalue weighted by Gasteiger charge is 2.25. The Morgan fingerprint density at radius 3 is 2.61 bits per heavy atom. The Labute approximate surface area is 138 Å². The van der Waals surface area contributed by atoms with Gasteiger partial charge in [0.05, 0.1) is 6.21 Å². The van der Waals surface area contributed by atoms with Crippen molar-refractivity contribution in [3.63, 3.8) is 0 Å². The molecule has 0 saturated heterocycles. The molecule has 23 heavy (non-hydrogen) atoms. The molecule has 1 aromatic heterocycles. The summed E-state index contributed by atoms with van der Waals surface area (Å²) >= 11 is -1.31. The maximum Gasteiger partial charge on any atom is 0.213 e.